The van der Waals surface area contributed by atoms with Crippen LogP contribution in [0.15, 0.2) is 18.2 Å². The third-order valence-corrected chi connectivity index (χ3v) is 3.85. The van der Waals surface area contributed by atoms with Crippen LogP contribution in [0.5, 0.6) is 11.5 Å². The zero-order valence-electron chi connectivity index (χ0n) is 13.4. The van der Waals surface area contributed by atoms with Gasteiger partial charge in [-0.3, -0.25) is 9.59 Å². The Kier molecular flexibility index (Phi) is 4.59. The van der Waals surface area contributed by atoms with E-state index in [-0.39, 0.29) is 11.8 Å². The third kappa shape index (κ3) is 3.32. The molecule has 0 aliphatic carbocycles. The van der Waals surface area contributed by atoms with Crippen molar-refractivity contribution < 1.29 is 19.1 Å². The quantitative estimate of drug-likeness (QED) is 0.860. The van der Waals surface area contributed by atoms with E-state index in [1.165, 1.54) is 0 Å². The normalized spacial score (nSPS) is 17.8. The molecule has 1 aliphatic heterocycles. The molecule has 1 aliphatic rings. The molecule has 0 saturated carbocycles. The largest absolute Gasteiger partial charge is 0.493 e. The lowest BCUT2D eigenvalue weighted by molar-refractivity contribution is -0.127. The van der Waals surface area contributed by atoms with Crippen molar-refractivity contribution in [2.75, 3.05) is 14.2 Å². The van der Waals surface area contributed by atoms with Gasteiger partial charge in [-0.25, -0.2) is 0 Å². The molecule has 1 aromatic carbocycles. The number of nitrogens with one attached hydrogen (secondary N) is 2. The summed E-state index contributed by atoms with van der Waals surface area (Å²) in [5.41, 5.74) is 0.298. The molecule has 1 aromatic rings. The minimum Gasteiger partial charge on any atom is -0.493 e. The maximum atomic E-state index is 12.3. The molecule has 22 heavy (non-hydrogen) atoms. The number of carbonyl (C=O) groups excluding carboxylic acids is 2. The van der Waals surface area contributed by atoms with Gasteiger partial charge in [-0.1, -0.05) is 6.07 Å². The Hall–Kier alpha value is -2.24. The topological polar surface area (TPSA) is 76.7 Å². The highest BCUT2D eigenvalue weighted by molar-refractivity contribution is 5.91. The lowest BCUT2D eigenvalue weighted by Crippen LogP contribution is -2.49. The second kappa shape index (κ2) is 6.25. The molecule has 0 aromatic heterocycles. The monoisotopic (exact) mass is 306 g/mol. The van der Waals surface area contributed by atoms with Crippen LogP contribution in [-0.2, 0) is 15.1 Å². The lowest BCUT2D eigenvalue weighted by atomic mass is 9.93. The van der Waals surface area contributed by atoms with E-state index in [0.29, 0.717) is 24.3 Å². The van der Waals surface area contributed by atoms with Gasteiger partial charge in [0.2, 0.25) is 11.8 Å². The Morgan fingerprint density at radius 2 is 1.95 bits per heavy atom. The Labute approximate surface area is 130 Å². The fraction of sp³-hybridized carbons (Fsp3) is 0.500. The maximum Gasteiger partial charge on any atom is 0.243 e. The molecule has 1 heterocycles. The minimum absolute atomic E-state index is 0.0796. The van der Waals surface area contributed by atoms with Gasteiger partial charge in [0.05, 0.1) is 19.8 Å². The Morgan fingerprint density at radius 1 is 1.27 bits per heavy atom. The standard InChI is InChI=1S/C16H22N2O4/c1-16(2,18-15(20)11-6-8-14(19)17-11)10-5-7-12(21-3)13(9-10)22-4/h5,7,9,11H,6,8H2,1-4H3,(H,17,19)(H,18,20). The minimum atomic E-state index is -0.593. The van der Waals surface area contributed by atoms with Gasteiger partial charge in [0, 0.05) is 6.42 Å². The van der Waals surface area contributed by atoms with Gasteiger partial charge in [0.25, 0.3) is 0 Å². The summed E-state index contributed by atoms with van der Waals surface area (Å²) in [5, 5.41) is 5.65. The van der Waals surface area contributed by atoms with Gasteiger partial charge in [-0.2, -0.15) is 0 Å². The van der Waals surface area contributed by atoms with Crippen LogP contribution in [0, 0.1) is 0 Å². The Balaban J connectivity index is 2.15. The number of benzene rings is 1. The van der Waals surface area contributed by atoms with Crippen molar-refractivity contribution in [1.29, 1.82) is 0 Å². The molecule has 1 atom stereocenters. The summed E-state index contributed by atoms with van der Waals surface area (Å²) >= 11 is 0. The highest BCUT2D eigenvalue weighted by Crippen LogP contribution is 2.32. The number of carbonyl (C=O) groups is 2. The van der Waals surface area contributed by atoms with E-state index in [4.69, 9.17) is 9.47 Å². The first-order chi connectivity index (χ1) is 10.4. The number of hydrogen-bond acceptors (Lipinski definition) is 4. The molecule has 0 spiro atoms. The van der Waals surface area contributed by atoms with Crippen LogP contribution in [-0.4, -0.2) is 32.1 Å². The Bertz CT molecular complexity index is 584. The molecule has 0 radical (unpaired) electrons. The van der Waals surface area contributed by atoms with Crippen LogP contribution < -0.4 is 20.1 Å². The number of ether oxygens (including phenoxy) is 2. The second-order valence-electron chi connectivity index (χ2n) is 5.84. The molecule has 0 bridgehead atoms. The highest BCUT2D eigenvalue weighted by Gasteiger charge is 2.32. The van der Waals surface area contributed by atoms with Crippen molar-refractivity contribution in [3.05, 3.63) is 23.8 Å². The molecule has 2 N–H and O–H groups in total. The summed E-state index contributed by atoms with van der Waals surface area (Å²) in [7, 11) is 3.15. The van der Waals surface area contributed by atoms with Gasteiger partial charge < -0.3 is 20.1 Å². The van der Waals surface area contributed by atoms with Crippen LogP contribution in [0.25, 0.3) is 0 Å². The number of hydrogen-bond donors (Lipinski definition) is 2. The highest BCUT2D eigenvalue weighted by atomic mass is 16.5. The van der Waals surface area contributed by atoms with Gasteiger partial charge in [0.1, 0.15) is 6.04 Å². The van der Waals surface area contributed by atoms with Crippen molar-refractivity contribution >= 4 is 11.8 Å². The molecule has 2 amide bonds. The zero-order chi connectivity index (χ0) is 16.3. The van der Waals surface area contributed by atoms with E-state index < -0.39 is 11.6 Å². The zero-order valence-corrected chi connectivity index (χ0v) is 13.4. The summed E-state index contributed by atoms with van der Waals surface area (Å²) in [5.74, 6) is 0.989. The summed E-state index contributed by atoms with van der Waals surface area (Å²) in [6.07, 6.45) is 0.932. The van der Waals surface area contributed by atoms with Gasteiger partial charge in [0.15, 0.2) is 11.5 Å². The molecule has 120 valence electrons. The first-order valence-electron chi connectivity index (χ1n) is 7.21. The average molecular weight is 306 g/mol. The number of amides is 2. The van der Waals surface area contributed by atoms with Crippen LogP contribution >= 0.6 is 0 Å². The molecule has 1 fully saturated rings. The number of rotatable bonds is 5. The number of methoxy groups -OCH3 is 2. The van der Waals surface area contributed by atoms with Gasteiger partial charge in [-0.15, -0.1) is 0 Å². The van der Waals surface area contributed by atoms with E-state index in [0.717, 1.165) is 5.56 Å². The van der Waals surface area contributed by atoms with Gasteiger partial charge in [-0.05, 0) is 38.0 Å². The second-order valence-corrected chi connectivity index (χ2v) is 5.84. The Morgan fingerprint density at radius 3 is 2.50 bits per heavy atom. The van der Waals surface area contributed by atoms with Crippen molar-refractivity contribution in [3.8, 4) is 11.5 Å². The third-order valence-electron chi connectivity index (χ3n) is 3.85. The van der Waals surface area contributed by atoms with E-state index in [1.54, 1.807) is 20.3 Å². The SMILES string of the molecule is COc1ccc(C(C)(C)NC(=O)C2CCC(=O)N2)cc1OC. The fourth-order valence-electron chi connectivity index (χ4n) is 2.50. The van der Waals surface area contributed by atoms with E-state index >= 15 is 0 Å². The predicted octanol–water partition coefficient (Wildman–Crippen LogP) is 1.33. The molecular formula is C16H22N2O4. The van der Waals surface area contributed by atoms with Crippen LogP contribution in [0.3, 0.4) is 0 Å². The molecule has 6 heteroatoms. The summed E-state index contributed by atoms with van der Waals surface area (Å²) < 4.78 is 10.5. The van der Waals surface area contributed by atoms with Crippen LogP contribution in [0.1, 0.15) is 32.3 Å². The first-order valence-corrected chi connectivity index (χ1v) is 7.21. The van der Waals surface area contributed by atoms with Crippen LogP contribution in [0.2, 0.25) is 0 Å². The van der Waals surface area contributed by atoms with Crippen molar-refractivity contribution in [2.45, 2.75) is 38.3 Å². The smallest absolute Gasteiger partial charge is 0.243 e. The summed E-state index contributed by atoms with van der Waals surface area (Å²) in [4.78, 5) is 23.5. The van der Waals surface area contributed by atoms with Crippen molar-refractivity contribution in [3.63, 3.8) is 0 Å². The molecule has 6 nitrogen and oxygen atoms in total. The summed E-state index contributed by atoms with van der Waals surface area (Å²) in [6.45, 7) is 3.81. The maximum absolute atomic E-state index is 12.3. The molecule has 1 unspecified atom stereocenters. The van der Waals surface area contributed by atoms with E-state index in [2.05, 4.69) is 10.6 Å². The van der Waals surface area contributed by atoms with Crippen LogP contribution in [0.4, 0.5) is 0 Å². The predicted molar refractivity (Wildman–Crippen MR) is 81.9 cm³/mol. The molecule has 2 rings (SSSR count). The van der Waals surface area contributed by atoms with Crippen molar-refractivity contribution in [2.24, 2.45) is 0 Å². The molecular weight excluding hydrogens is 284 g/mol. The molecule has 1 saturated heterocycles. The van der Waals surface area contributed by atoms with Crippen molar-refractivity contribution in [1.82, 2.24) is 10.6 Å². The first kappa shape index (κ1) is 16.1. The van der Waals surface area contributed by atoms with E-state index in [9.17, 15) is 9.59 Å². The van der Waals surface area contributed by atoms with E-state index in [1.807, 2.05) is 26.0 Å². The van der Waals surface area contributed by atoms with Gasteiger partial charge >= 0.3 is 0 Å². The fourth-order valence-corrected chi connectivity index (χ4v) is 2.50. The average Bonchev–Trinajstić information content (AvgIpc) is 2.92. The lowest BCUT2D eigenvalue weighted by Gasteiger charge is -2.29. The summed E-state index contributed by atoms with van der Waals surface area (Å²) in [6, 6.07) is 5.08.